The van der Waals surface area contributed by atoms with Crippen LogP contribution >= 0.6 is 11.6 Å². The second-order valence-electron chi connectivity index (χ2n) is 6.12. The first kappa shape index (κ1) is 14.8. The summed E-state index contributed by atoms with van der Waals surface area (Å²) in [7, 11) is 0. The summed E-state index contributed by atoms with van der Waals surface area (Å²) in [6, 6.07) is 6.60. The minimum atomic E-state index is 0.221. The molecule has 0 fully saturated rings. The second-order valence-corrected chi connectivity index (χ2v) is 6.55. The number of rotatable bonds is 5. The van der Waals surface area contributed by atoms with E-state index in [1.165, 1.54) is 11.1 Å². The third kappa shape index (κ3) is 3.31. The summed E-state index contributed by atoms with van der Waals surface area (Å²) in [4.78, 5) is 0. The van der Waals surface area contributed by atoms with E-state index in [1.54, 1.807) is 0 Å². The van der Waals surface area contributed by atoms with Crippen molar-refractivity contribution in [1.82, 2.24) is 5.32 Å². The largest absolute Gasteiger partial charge is 0.377 e. The van der Waals surface area contributed by atoms with Gasteiger partial charge in [0, 0.05) is 24.2 Å². The molecule has 0 radical (unpaired) electrons. The first-order valence-electron chi connectivity index (χ1n) is 7.07. The maximum Gasteiger partial charge on any atom is 0.0671 e. The fraction of sp³-hybridized carbons (Fsp3) is 0.625. The molecule has 1 N–H and O–H groups in total. The summed E-state index contributed by atoms with van der Waals surface area (Å²) < 4.78 is 5.59. The molecule has 0 saturated carbocycles. The van der Waals surface area contributed by atoms with Crippen LogP contribution in [0.1, 0.15) is 44.9 Å². The van der Waals surface area contributed by atoms with Crippen molar-refractivity contribution in [2.24, 2.45) is 5.41 Å². The molecule has 0 spiro atoms. The molecular weight excluding hydrogens is 258 g/mol. The second kappa shape index (κ2) is 5.82. The van der Waals surface area contributed by atoms with E-state index >= 15 is 0 Å². The molecule has 106 valence electrons. The van der Waals surface area contributed by atoms with E-state index in [0.717, 1.165) is 24.6 Å². The van der Waals surface area contributed by atoms with E-state index in [9.17, 15) is 0 Å². The predicted octanol–water partition coefficient (Wildman–Crippen LogP) is 3.98. The summed E-state index contributed by atoms with van der Waals surface area (Å²) in [5, 5.41) is 4.48. The highest BCUT2D eigenvalue weighted by atomic mass is 35.5. The molecule has 0 bridgehead atoms. The Bertz CT molecular complexity index is 444. The molecule has 1 aromatic rings. The molecule has 19 heavy (non-hydrogen) atoms. The van der Waals surface area contributed by atoms with Crippen molar-refractivity contribution < 1.29 is 4.74 Å². The fourth-order valence-corrected chi connectivity index (χ4v) is 3.20. The molecule has 0 amide bonds. The third-order valence-corrected chi connectivity index (χ3v) is 4.14. The van der Waals surface area contributed by atoms with Crippen LogP contribution < -0.4 is 5.32 Å². The highest BCUT2D eigenvalue weighted by molar-refractivity contribution is 6.30. The first-order valence-corrected chi connectivity index (χ1v) is 7.45. The van der Waals surface area contributed by atoms with Gasteiger partial charge in [0.2, 0.25) is 0 Å². The predicted molar refractivity (Wildman–Crippen MR) is 80.8 cm³/mol. The van der Waals surface area contributed by atoms with Gasteiger partial charge in [0.25, 0.3) is 0 Å². The molecule has 2 nitrogen and oxygen atoms in total. The Balaban J connectivity index is 2.12. The molecule has 2 unspecified atom stereocenters. The van der Waals surface area contributed by atoms with E-state index in [4.69, 9.17) is 16.3 Å². The molecule has 2 rings (SSSR count). The monoisotopic (exact) mass is 281 g/mol. The molecule has 0 heterocycles. The third-order valence-electron chi connectivity index (χ3n) is 3.91. The molecule has 1 aliphatic carbocycles. The lowest BCUT2D eigenvalue weighted by Crippen LogP contribution is -2.36. The van der Waals surface area contributed by atoms with Crippen LogP contribution in [0.2, 0.25) is 5.02 Å². The Hall–Kier alpha value is -0.570. The molecule has 2 atom stereocenters. The lowest BCUT2D eigenvalue weighted by Gasteiger charge is -2.30. The molecule has 1 aromatic carbocycles. The highest BCUT2D eigenvalue weighted by Gasteiger charge is 2.38. The smallest absolute Gasteiger partial charge is 0.0671 e. The average molecular weight is 282 g/mol. The summed E-state index contributed by atoms with van der Waals surface area (Å²) >= 11 is 6.14. The van der Waals surface area contributed by atoms with Gasteiger partial charge in [-0.25, -0.2) is 0 Å². The number of nitrogens with one attached hydrogen (secondary N) is 1. The van der Waals surface area contributed by atoms with Gasteiger partial charge >= 0.3 is 0 Å². The van der Waals surface area contributed by atoms with Crippen molar-refractivity contribution in [3.05, 3.63) is 34.3 Å². The van der Waals surface area contributed by atoms with E-state index in [-0.39, 0.29) is 11.5 Å². The number of hydrogen-bond acceptors (Lipinski definition) is 2. The van der Waals surface area contributed by atoms with Gasteiger partial charge in [-0.05, 0) is 48.9 Å². The van der Waals surface area contributed by atoms with Gasteiger partial charge in [0.1, 0.15) is 0 Å². The molecule has 1 aliphatic rings. The SMILES string of the molecule is CCOC(C)CNC1c2cc(Cl)ccc2CC1(C)C. The van der Waals surface area contributed by atoms with E-state index in [0.29, 0.717) is 6.04 Å². The van der Waals surface area contributed by atoms with Crippen LogP contribution in [0.5, 0.6) is 0 Å². The lowest BCUT2D eigenvalue weighted by molar-refractivity contribution is 0.0699. The maximum absolute atomic E-state index is 6.14. The van der Waals surface area contributed by atoms with Gasteiger partial charge in [-0.1, -0.05) is 31.5 Å². The van der Waals surface area contributed by atoms with Crippen molar-refractivity contribution in [2.45, 2.75) is 46.3 Å². The number of halogens is 1. The minimum Gasteiger partial charge on any atom is -0.377 e. The number of benzene rings is 1. The zero-order valence-corrected chi connectivity index (χ0v) is 13.1. The summed E-state index contributed by atoms with van der Waals surface area (Å²) in [6.45, 7) is 10.4. The van der Waals surface area contributed by atoms with Crippen LogP contribution in [0, 0.1) is 5.41 Å². The molecule has 3 heteroatoms. The Morgan fingerprint density at radius 2 is 2.21 bits per heavy atom. The van der Waals surface area contributed by atoms with E-state index in [2.05, 4.69) is 38.2 Å². The zero-order valence-electron chi connectivity index (χ0n) is 12.3. The maximum atomic E-state index is 6.14. The topological polar surface area (TPSA) is 21.3 Å². The molecule has 0 aliphatic heterocycles. The highest BCUT2D eigenvalue weighted by Crippen LogP contribution is 2.45. The summed E-state index contributed by atoms with van der Waals surface area (Å²) in [6.07, 6.45) is 1.34. The van der Waals surface area contributed by atoms with Gasteiger partial charge in [0.05, 0.1) is 6.10 Å². The molecule has 0 aromatic heterocycles. The van der Waals surface area contributed by atoms with Crippen LogP contribution in [-0.2, 0) is 11.2 Å². The Morgan fingerprint density at radius 1 is 1.47 bits per heavy atom. The zero-order chi connectivity index (χ0) is 14.0. The van der Waals surface area contributed by atoms with Crippen molar-refractivity contribution >= 4 is 11.6 Å². The van der Waals surface area contributed by atoms with Crippen LogP contribution in [0.4, 0.5) is 0 Å². The Labute approximate surface area is 121 Å². The summed E-state index contributed by atoms with van der Waals surface area (Å²) in [5.41, 5.74) is 2.98. The first-order chi connectivity index (χ1) is 8.94. The molecular formula is C16H24ClNO. The van der Waals surface area contributed by atoms with E-state index < -0.39 is 0 Å². The standard InChI is InChI=1S/C16H24ClNO/c1-5-19-11(2)10-18-15-14-8-13(17)7-6-12(14)9-16(15,3)4/h6-8,11,15,18H,5,9-10H2,1-4H3. The average Bonchev–Trinajstić information content (AvgIpc) is 2.57. The van der Waals surface area contributed by atoms with Crippen molar-refractivity contribution in [3.63, 3.8) is 0 Å². The number of ether oxygens (including phenoxy) is 1. The van der Waals surface area contributed by atoms with Crippen molar-refractivity contribution in [1.29, 1.82) is 0 Å². The number of hydrogen-bond donors (Lipinski definition) is 1. The number of fused-ring (bicyclic) bond motifs is 1. The quantitative estimate of drug-likeness (QED) is 0.881. The van der Waals surface area contributed by atoms with Gasteiger partial charge in [-0.3, -0.25) is 0 Å². The van der Waals surface area contributed by atoms with Gasteiger partial charge in [0.15, 0.2) is 0 Å². The Morgan fingerprint density at radius 3 is 2.89 bits per heavy atom. The summed E-state index contributed by atoms with van der Waals surface area (Å²) in [5.74, 6) is 0. The minimum absolute atomic E-state index is 0.221. The van der Waals surface area contributed by atoms with Crippen LogP contribution in [-0.4, -0.2) is 19.3 Å². The van der Waals surface area contributed by atoms with Crippen LogP contribution in [0.3, 0.4) is 0 Å². The van der Waals surface area contributed by atoms with Crippen LogP contribution in [0.25, 0.3) is 0 Å². The molecule has 0 saturated heterocycles. The van der Waals surface area contributed by atoms with Gasteiger partial charge in [-0.15, -0.1) is 0 Å². The van der Waals surface area contributed by atoms with Crippen molar-refractivity contribution in [3.8, 4) is 0 Å². The van der Waals surface area contributed by atoms with E-state index in [1.807, 2.05) is 13.0 Å². The Kier molecular flexibility index (Phi) is 4.54. The fourth-order valence-electron chi connectivity index (χ4n) is 3.02. The van der Waals surface area contributed by atoms with Crippen molar-refractivity contribution in [2.75, 3.05) is 13.2 Å². The normalized spacial score (nSPS) is 22.3. The van der Waals surface area contributed by atoms with Gasteiger partial charge in [-0.2, -0.15) is 0 Å². The lowest BCUT2D eigenvalue weighted by atomic mass is 9.85. The van der Waals surface area contributed by atoms with Crippen LogP contribution in [0.15, 0.2) is 18.2 Å². The van der Waals surface area contributed by atoms with Gasteiger partial charge < -0.3 is 10.1 Å².